The van der Waals surface area contributed by atoms with E-state index in [1.54, 1.807) is 19.2 Å². The molecule has 0 N–H and O–H groups in total. The van der Waals surface area contributed by atoms with E-state index >= 15 is 0 Å². The Kier molecular flexibility index (Phi) is 4.75. The number of nitrogens with zero attached hydrogens (tertiary/aromatic N) is 1. The zero-order valence-corrected chi connectivity index (χ0v) is 13.9. The predicted molar refractivity (Wildman–Crippen MR) is 78.9 cm³/mol. The maximum atomic E-state index is 12.4. The average molecular weight is 373 g/mol. The van der Waals surface area contributed by atoms with Gasteiger partial charge in [0.05, 0.1) is 9.16 Å². The largest absolute Gasteiger partial charge is 0.252 e. The molecule has 0 saturated heterocycles. The average Bonchev–Trinajstić information content (AvgIpc) is 2.76. The van der Waals surface area contributed by atoms with Gasteiger partial charge < -0.3 is 0 Å². The van der Waals surface area contributed by atoms with Crippen LogP contribution in [0.4, 0.5) is 0 Å². The van der Waals surface area contributed by atoms with Gasteiger partial charge in [-0.15, -0.1) is 22.9 Å². The number of thiophene rings is 1. The lowest BCUT2D eigenvalue weighted by molar-refractivity contribution is 0.291. The van der Waals surface area contributed by atoms with Gasteiger partial charge in [0.25, 0.3) is 10.0 Å². The molecule has 102 valence electrons. The maximum Gasteiger partial charge on any atom is 0.252 e. The fourth-order valence-corrected chi connectivity index (χ4v) is 6.37. The first kappa shape index (κ1) is 14.8. The molecule has 7 heteroatoms. The van der Waals surface area contributed by atoms with Crippen molar-refractivity contribution in [2.24, 2.45) is 0 Å². The Morgan fingerprint density at radius 2 is 2.06 bits per heavy atom. The summed E-state index contributed by atoms with van der Waals surface area (Å²) in [7, 11) is -1.78. The summed E-state index contributed by atoms with van der Waals surface area (Å²) in [6, 6.07) is 3.29. The van der Waals surface area contributed by atoms with Gasteiger partial charge in [-0.3, -0.25) is 0 Å². The van der Waals surface area contributed by atoms with Crippen molar-refractivity contribution in [1.29, 1.82) is 0 Å². The van der Waals surface area contributed by atoms with Crippen LogP contribution in [0.5, 0.6) is 0 Å². The molecule has 1 aliphatic carbocycles. The summed E-state index contributed by atoms with van der Waals surface area (Å²) in [5.74, 6) is 0. The molecule has 18 heavy (non-hydrogen) atoms. The summed E-state index contributed by atoms with van der Waals surface area (Å²) in [5, 5.41) is -0.0815. The molecule has 1 aromatic heterocycles. The number of sulfonamides is 1. The minimum atomic E-state index is -3.41. The second-order valence-electron chi connectivity index (χ2n) is 4.45. The maximum absolute atomic E-state index is 12.4. The number of halogens is 2. The van der Waals surface area contributed by atoms with Gasteiger partial charge in [-0.2, -0.15) is 4.31 Å². The predicted octanol–water partition coefficient (Wildman–Crippen LogP) is 3.68. The Balaban J connectivity index is 2.24. The summed E-state index contributed by atoms with van der Waals surface area (Å²) in [4.78, 5) is 0. The van der Waals surface area contributed by atoms with Crippen molar-refractivity contribution < 1.29 is 8.42 Å². The van der Waals surface area contributed by atoms with Crippen LogP contribution in [0.2, 0.25) is 0 Å². The fraction of sp³-hybridized carbons (Fsp3) is 0.636. The standard InChI is InChI=1S/C11H15BrClNO2S2/c1-14(9-5-3-2-4-8(9)13)18(15,16)11-7-6-10(12)17-11/h6-9H,2-5H2,1H3. The molecule has 1 fully saturated rings. The Labute approximate surface area is 125 Å². The summed E-state index contributed by atoms with van der Waals surface area (Å²) in [6.45, 7) is 0. The highest BCUT2D eigenvalue weighted by atomic mass is 79.9. The number of alkyl halides is 1. The van der Waals surface area contributed by atoms with Crippen molar-refractivity contribution in [1.82, 2.24) is 4.31 Å². The van der Waals surface area contributed by atoms with Gasteiger partial charge in [0.1, 0.15) is 4.21 Å². The molecule has 2 atom stereocenters. The molecule has 0 aromatic carbocycles. The Morgan fingerprint density at radius 3 is 2.61 bits per heavy atom. The highest BCUT2D eigenvalue weighted by Gasteiger charge is 2.34. The SMILES string of the molecule is CN(C1CCCCC1Cl)S(=O)(=O)c1ccc(Br)s1. The lowest BCUT2D eigenvalue weighted by Gasteiger charge is -2.33. The van der Waals surface area contributed by atoms with Crippen molar-refractivity contribution in [2.75, 3.05) is 7.05 Å². The zero-order chi connectivity index (χ0) is 13.3. The lowest BCUT2D eigenvalue weighted by Crippen LogP contribution is -2.43. The first-order valence-electron chi connectivity index (χ1n) is 5.80. The molecule has 0 radical (unpaired) electrons. The van der Waals surface area contributed by atoms with Crippen LogP contribution >= 0.6 is 38.9 Å². The quantitative estimate of drug-likeness (QED) is 0.759. The van der Waals surface area contributed by atoms with Gasteiger partial charge in [-0.1, -0.05) is 12.8 Å². The first-order chi connectivity index (χ1) is 8.43. The van der Waals surface area contributed by atoms with Crippen LogP contribution in [0.1, 0.15) is 25.7 Å². The van der Waals surface area contributed by atoms with E-state index in [1.165, 1.54) is 15.6 Å². The van der Waals surface area contributed by atoms with Crippen LogP contribution in [0.3, 0.4) is 0 Å². The van der Waals surface area contributed by atoms with Gasteiger partial charge >= 0.3 is 0 Å². The third-order valence-corrected chi connectivity index (χ3v) is 7.78. The Morgan fingerprint density at radius 1 is 1.39 bits per heavy atom. The van der Waals surface area contributed by atoms with E-state index in [1.807, 2.05) is 0 Å². The van der Waals surface area contributed by atoms with Crippen LogP contribution in [-0.4, -0.2) is 31.2 Å². The van der Waals surface area contributed by atoms with Gasteiger partial charge in [-0.25, -0.2) is 8.42 Å². The van der Waals surface area contributed by atoms with Gasteiger partial charge in [0, 0.05) is 13.1 Å². The van der Waals surface area contributed by atoms with Crippen molar-refractivity contribution in [3.63, 3.8) is 0 Å². The van der Waals surface area contributed by atoms with E-state index in [4.69, 9.17) is 11.6 Å². The van der Waals surface area contributed by atoms with Crippen LogP contribution in [0.15, 0.2) is 20.1 Å². The van der Waals surface area contributed by atoms with Crippen LogP contribution in [-0.2, 0) is 10.0 Å². The molecular weight excluding hydrogens is 358 g/mol. The molecule has 2 rings (SSSR count). The van der Waals surface area contributed by atoms with E-state index in [2.05, 4.69) is 15.9 Å². The molecule has 1 aromatic rings. The lowest BCUT2D eigenvalue weighted by atomic mass is 9.95. The molecule has 0 spiro atoms. The normalized spacial score (nSPS) is 25.6. The summed E-state index contributed by atoms with van der Waals surface area (Å²) < 4.78 is 27.5. The van der Waals surface area contributed by atoms with Crippen molar-refractivity contribution in [3.05, 3.63) is 15.9 Å². The molecule has 0 bridgehead atoms. The highest BCUT2D eigenvalue weighted by molar-refractivity contribution is 9.11. The highest BCUT2D eigenvalue weighted by Crippen LogP contribution is 2.33. The van der Waals surface area contributed by atoms with E-state index in [9.17, 15) is 8.42 Å². The molecule has 3 nitrogen and oxygen atoms in total. The summed E-state index contributed by atoms with van der Waals surface area (Å²) >= 11 is 10.8. The van der Waals surface area contributed by atoms with Crippen molar-refractivity contribution in [2.45, 2.75) is 41.3 Å². The van der Waals surface area contributed by atoms with Crippen LogP contribution < -0.4 is 0 Å². The molecule has 0 aliphatic heterocycles. The Bertz CT molecular complexity index is 517. The Hall–Kier alpha value is 0.380. The smallest absolute Gasteiger partial charge is 0.206 e. The van der Waals surface area contributed by atoms with E-state index < -0.39 is 10.0 Å². The fourth-order valence-electron chi connectivity index (χ4n) is 2.23. The second kappa shape index (κ2) is 5.79. The van der Waals surface area contributed by atoms with Crippen LogP contribution in [0.25, 0.3) is 0 Å². The minimum Gasteiger partial charge on any atom is -0.206 e. The number of hydrogen-bond donors (Lipinski definition) is 0. The molecule has 1 aliphatic rings. The van der Waals surface area contributed by atoms with Gasteiger partial charge in [-0.05, 0) is 40.9 Å². The van der Waals surface area contributed by atoms with Crippen molar-refractivity contribution >= 4 is 48.9 Å². The second-order valence-corrected chi connectivity index (χ2v) is 9.70. The third kappa shape index (κ3) is 2.93. The van der Waals surface area contributed by atoms with Gasteiger partial charge in [0.2, 0.25) is 0 Å². The molecular formula is C11H15BrClNO2S2. The summed E-state index contributed by atoms with van der Waals surface area (Å²) in [6.07, 6.45) is 3.86. The van der Waals surface area contributed by atoms with E-state index in [-0.39, 0.29) is 11.4 Å². The molecule has 2 unspecified atom stereocenters. The summed E-state index contributed by atoms with van der Waals surface area (Å²) in [5.41, 5.74) is 0. The number of hydrogen-bond acceptors (Lipinski definition) is 3. The monoisotopic (exact) mass is 371 g/mol. The molecule has 1 saturated carbocycles. The van der Waals surface area contributed by atoms with E-state index in [0.29, 0.717) is 4.21 Å². The van der Waals surface area contributed by atoms with Gasteiger partial charge in [0.15, 0.2) is 0 Å². The topological polar surface area (TPSA) is 37.4 Å². The molecule has 0 amide bonds. The van der Waals surface area contributed by atoms with Crippen molar-refractivity contribution in [3.8, 4) is 0 Å². The third-order valence-electron chi connectivity index (χ3n) is 3.30. The minimum absolute atomic E-state index is 0.0815. The van der Waals surface area contributed by atoms with Crippen LogP contribution in [0, 0.1) is 0 Å². The molecule has 1 heterocycles. The number of rotatable bonds is 3. The zero-order valence-electron chi connectivity index (χ0n) is 9.97. The first-order valence-corrected chi connectivity index (χ1v) is 9.29. The van der Waals surface area contributed by atoms with E-state index in [0.717, 1.165) is 29.5 Å².